The van der Waals surface area contributed by atoms with Gasteiger partial charge in [0.15, 0.2) is 0 Å². The molecule has 0 aromatic carbocycles. The van der Waals surface area contributed by atoms with Crippen molar-refractivity contribution in [1.29, 1.82) is 0 Å². The molecule has 1 aromatic rings. The predicted molar refractivity (Wildman–Crippen MR) is 88.8 cm³/mol. The van der Waals surface area contributed by atoms with Gasteiger partial charge in [0.2, 0.25) is 5.91 Å². The smallest absolute Gasteiger partial charge is 0.347 e. The number of hydrogen-bond acceptors (Lipinski definition) is 4. The van der Waals surface area contributed by atoms with E-state index in [1.807, 2.05) is 13.8 Å². The molecule has 1 N–H and O–H groups in total. The second-order valence-electron chi connectivity index (χ2n) is 6.58. The first kappa shape index (κ1) is 18.2. The van der Waals surface area contributed by atoms with E-state index in [2.05, 4.69) is 4.98 Å². The molecule has 2 rings (SSSR count). The lowest BCUT2D eigenvalue weighted by atomic mass is 9.77. The number of carbonyl (C=O) groups excluding carboxylic acids is 1. The Morgan fingerprint density at radius 1 is 1.38 bits per heavy atom. The van der Waals surface area contributed by atoms with Gasteiger partial charge in [-0.3, -0.25) is 14.2 Å². The Labute approximate surface area is 141 Å². The number of hydrogen-bond donors (Lipinski definition) is 1. The van der Waals surface area contributed by atoms with Crippen molar-refractivity contribution in [1.82, 2.24) is 14.5 Å². The number of carbonyl (C=O) groups is 2. The zero-order valence-corrected chi connectivity index (χ0v) is 14.5. The van der Waals surface area contributed by atoms with E-state index in [0.717, 1.165) is 5.69 Å². The van der Waals surface area contributed by atoms with Crippen LogP contribution in [0.5, 0.6) is 0 Å². The van der Waals surface area contributed by atoms with Gasteiger partial charge in [-0.15, -0.1) is 0 Å². The largest absolute Gasteiger partial charge is 0.481 e. The lowest BCUT2D eigenvalue weighted by Crippen LogP contribution is -2.49. The zero-order valence-electron chi connectivity index (χ0n) is 14.5. The van der Waals surface area contributed by atoms with Gasteiger partial charge in [0, 0.05) is 37.4 Å². The lowest BCUT2D eigenvalue weighted by Gasteiger charge is -2.39. The molecule has 7 nitrogen and oxygen atoms in total. The quantitative estimate of drug-likeness (QED) is 0.877. The van der Waals surface area contributed by atoms with Gasteiger partial charge < -0.3 is 10.0 Å². The Balaban J connectivity index is 2.05. The highest BCUT2D eigenvalue weighted by Gasteiger charge is 2.41. The molecular formula is C17H25N3O4. The number of aromatic nitrogens is 2. The molecule has 0 spiro atoms. The van der Waals surface area contributed by atoms with Crippen LogP contribution in [-0.4, -0.2) is 44.5 Å². The Kier molecular flexibility index (Phi) is 5.41. The highest BCUT2D eigenvalue weighted by atomic mass is 16.4. The molecular weight excluding hydrogens is 310 g/mol. The molecule has 0 saturated carbocycles. The fourth-order valence-corrected chi connectivity index (χ4v) is 3.37. The van der Waals surface area contributed by atoms with Crippen LogP contribution < -0.4 is 5.69 Å². The molecule has 1 aliphatic rings. The van der Waals surface area contributed by atoms with Crippen LogP contribution in [0.15, 0.2) is 10.9 Å². The second kappa shape index (κ2) is 7.15. The number of likely N-dealkylation sites (tertiary alicyclic amines) is 1. The summed E-state index contributed by atoms with van der Waals surface area (Å²) in [7, 11) is 0. The normalized spacial score (nSPS) is 20.9. The third kappa shape index (κ3) is 3.66. The van der Waals surface area contributed by atoms with Crippen LogP contribution in [0.3, 0.4) is 0 Å². The van der Waals surface area contributed by atoms with Gasteiger partial charge in [-0.25, -0.2) is 4.79 Å². The average Bonchev–Trinajstić information content (AvgIpc) is 2.53. The Morgan fingerprint density at radius 2 is 2.08 bits per heavy atom. The number of aryl methyl sites for hydroxylation is 2. The standard InChI is InChI=1S/C17H25N3O4/c1-4-17(15(22)23)7-5-8-19(11-17)14(21)6-9-20-13(3)10-12(2)18-16(20)24/h10H,4-9,11H2,1-3H3,(H,22,23)/t17-/m1/s1. The van der Waals surface area contributed by atoms with Gasteiger partial charge in [-0.1, -0.05) is 6.92 Å². The molecule has 0 bridgehead atoms. The maximum atomic E-state index is 12.5. The molecule has 1 amide bonds. The molecule has 1 fully saturated rings. The van der Waals surface area contributed by atoms with E-state index in [4.69, 9.17) is 0 Å². The summed E-state index contributed by atoms with van der Waals surface area (Å²) in [5.74, 6) is -0.946. The topological polar surface area (TPSA) is 92.5 Å². The number of nitrogens with zero attached hydrogens (tertiary/aromatic N) is 3. The molecule has 0 radical (unpaired) electrons. The van der Waals surface area contributed by atoms with Crippen LogP contribution in [0.4, 0.5) is 0 Å². The first-order valence-electron chi connectivity index (χ1n) is 8.35. The fraction of sp³-hybridized carbons (Fsp3) is 0.647. The minimum Gasteiger partial charge on any atom is -0.481 e. The van der Waals surface area contributed by atoms with Crippen molar-refractivity contribution < 1.29 is 14.7 Å². The average molecular weight is 335 g/mol. The SMILES string of the molecule is CC[C@@]1(C(=O)O)CCCN(C(=O)CCn2c(C)cc(C)nc2=O)C1. The maximum absolute atomic E-state index is 12.5. The van der Waals surface area contributed by atoms with Crippen LogP contribution in [0.2, 0.25) is 0 Å². The maximum Gasteiger partial charge on any atom is 0.347 e. The first-order chi connectivity index (χ1) is 11.3. The molecule has 24 heavy (non-hydrogen) atoms. The van der Waals surface area contributed by atoms with Crippen molar-refractivity contribution in [3.8, 4) is 0 Å². The molecule has 132 valence electrons. The van der Waals surface area contributed by atoms with Crippen LogP contribution >= 0.6 is 0 Å². The number of piperidine rings is 1. The molecule has 1 atom stereocenters. The molecule has 0 aliphatic carbocycles. The molecule has 1 aliphatic heterocycles. The summed E-state index contributed by atoms with van der Waals surface area (Å²) >= 11 is 0. The van der Waals surface area contributed by atoms with Crippen molar-refractivity contribution in [3.05, 3.63) is 27.9 Å². The van der Waals surface area contributed by atoms with Gasteiger partial charge in [0.1, 0.15) is 0 Å². The summed E-state index contributed by atoms with van der Waals surface area (Å²) in [6.07, 6.45) is 1.97. The van der Waals surface area contributed by atoms with Crippen molar-refractivity contribution in [2.75, 3.05) is 13.1 Å². The summed E-state index contributed by atoms with van der Waals surface area (Å²) < 4.78 is 1.49. The summed E-state index contributed by atoms with van der Waals surface area (Å²) in [5.41, 5.74) is 0.233. The summed E-state index contributed by atoms with van der Waals surface area (Å²) in [5, 5.41) is 9.50. The number of carboxylic acid groups (broad SMARTS) is 1. The Hall–Kier alpha value is -2.18. The van der Waals surface area contributed by atoms with Crippen molar-refractivity contribution in [2.24, 2.45) is 5.41 Å². The summed E-state index contributed by atoms with van der Waals surface area (Å²) in [6, 6.07) is 1.80. The van der Waals surface area contributed by atoms with E-state index < -0.39 is 11.4 Å². The van der Waals surface area contributed by atoms with Gasteiger partial charge in [0.05, 0.1) is 5.41 Å². The number of aliphatic carboxylic acids is 1. The van der Waals surface area contributed by atoms with Crippen LogP contribution in [0, 0.1) is 19.3 Å². The van der Waals surface area contributed by atoms with Crippen LogP contribution in [0.1, 0.15) is 44.0 Å². The summed E-state index contributed by atoms with van der Waals surface area (Å²) in [6.45, 7) is 6.51. The molecule has 2 heterocycles. The molecule has 0 unspecified atom stereocenters. The minimum absolute atomic E-state index is 0.111. The first-order valence-corrected chi connectivity index (χ1v) is 8.35. The third-order valence-corrected chi connectivity index (χ3v) is 4.96. The van der Waals surface area contributed by atoms with E-state index in [1.54, 1.807) is 17.9 Å². The predicted octanol–water partition coefficient (Wildman–Crippen LogP) is 1.35. The van der Waals surface area contributed by atoms with E-state index in [0.29, 0.717) is 31.5 Å². The lowest BCUT2D eigenvalue weighted by molar-refractivity contribution is -0.155. The van der Waals surface area contributed by atoms with Gasteiger partial charge in [0.25, 0.3) is 0 Å². The van der Waals surface area contributed by atoms with Crippen LogP contribution in [0.25, 0.3) is 0 Å². The van der Waals surface area contributed by atoms with Gasteiger partial charge in [-0.05, 0) is 39.2 Å². The highest BCUT2D eigenvalue weighted by molar-refractivity contribution is 5.79. The molecule has 1 aromatic heterocycles. The van der Waals surface area contributed by atoms with E-state index in [9.17, 15) is 19.5 Å². The number of amides is 1. The fourth-order valence-electron chi connectivity index (χ4n) is 3.37. The van der Waals surface area contributed by atoms with Crippen molar-refractivity contribution in [2.45, 2.75) is 53.0 Å². The number of rotatable bonds is 5. The number of carboxylic acids is 1. The van der Waals surface area contributed by atoms with Crippen LogP contribution in [-0.2, 0) is 16.1 Å². The highest BCUT2D eigenvalue weighted by Crippen LogP contribution is 2.33. The summed E-state index contributed by atoms with van der Waals surface area (Å²) in [4.78, 5) is 41.5. The molecule has 1 saturated heterocycles. The zero-order chi connectivity index (χ0) is 17.9. The molecule has 7 heteroatoms. The van der Waals surface area contributed by atoms with E-state index in [-0.39, 0.29) is 31.1 Å². The van der Waals surface area contributed by atoms with E-state index >= 15 is 0 Å². The van der Waals surface area contributed by atoms with Gasteiger partial charge in [-0.2, -0.15) is 4.98 Å². The van der Waals surface area contributed by atoms with Crippen molar-refractivity contribution in [3.63, 3.8) is 0 Å². The monoisotopic (exact) mass is 335 g/mol. The third-order valence-electron chi connectivity index (χ3n) is 4.96. The second-order valence-corrected chi connectivity index (χ2v) is 6.58. The Morgan fingerprint density at radius 3 is 2.67 bits per heavy atom. The van der Waals surface area contributed by atoms with E-state index in [1.165, 1.54) is 4.57 Å². The van der Waals surface area contributed by atoms with Gasteiger partial charge >= 0.3 is 11.7 Å². The van der Waals surface area contributed by atoms with Crippen molar-refractivity contribution >= 4 is 11.9 Å². The minimum atomic E-state index is -0.841. The Bertz CT molecular complexity index is 698.